The van der Waals surface area contributed by atoms with E-state index in [1.165, 1.54) is 5.57 Å². The molecule has 6 atom stereocenters. The van der Waals surface area contributed by atoms with Gasteiger partial charge in [0.25, 0.3) is 0 Å². The molecule has 2 aliphatic carbocycles. The largest absolute Gasteiger partial charge is 0.481 e. The maximum absolute atomic E-state index is 10.7. The monoisotopic (exact) mass is 348 g/mol. The number of aliphatic hydroxyl groups is 2. The highest BCUT2D eigenvalue weighted by Gasteiger charge is 2.50. The first-order chi connectivity index (χ1) is 12.0. The van der Waals surface area contributed by atoms with E-state index in [1.54, 1.807) is 0 Å². The maximum atomic E-state index is 10.7. The molecular formula is C21H32O4. The van der Waals surface area contributed by atoms with Gasteiger partial charge in [-0.05, 0) is 49.9 Å². The summed E-state index contributed by atoms with van der Waals surface area (Å²) < 4.78 is 0. The zero-order valence-corrected chi connectivity index (χ0v) is 15.4. The highest BCUT2D eigenvalue weighted by atomic mass is 16.4. The second-order valence-corrected chi connectivity index (χ2v) is 7.58. The third kappa shape index (κ3) is 5.09. The van der Waals surface area contributed by atoms with Crippen molar-refractivity contribution in [3.63, 3.8) is 0 Å². The van der Waals surface area contributed by atoms with Crippen molar-refractivity contribution in [3.8, 4) is 11.8 Å². The molecule has 0 aromatic carbocycles. The number of allylic oxidation sites excluding steroid dienone is 2. The molecule has 0 spiro atoms. The third-order valence-corrected chi connectivity index (χ3v) is 5.83. The first kappa shape index (κ1) is 20.0. The summed E-state index contributed by atoms with van der Waals surface area (Å²) in [4.78, 5) is 10.7. The number of carboxylic acids is 1. The summed E-state index contributed by atoms with van der Waals surface area (Å²) in [6, 6.07) is 0. The van der Waals surface area contributed by atoms with Gasteiger partial charge in [-0.3, -0.25) is 4.79 Å². The summed E-state index contributed by atoms with van der Waals surface area (Å²) >= 11 is 0. The summed E-state index contributed by atoms with van der Waals surface area (Å²) in [6.07, 6.45) is 7.42. The van der Waals surface area contributed by atoms with Crippen LogP contribution < -0.4 is 0 Å². The molecule has 0 bridgehead atoms. The van der Waals surface area contributed by atoms with E-state index in [9.17, 15) is 15.0 Å². The Bertz CT molecular complexity index is 542. The van der Waals surface area contributed by atoms with Crippen molar-refractivity contribution in [2.75, 3.05) is 0 Å². The Labute approximate surface area is 151 Å². The van der Waals surface area contributed by atoms with Crippen molar-refractivity contribution in [2.45, 2.75) is 77.4 Å². The number of fused-ring (bicyclic) bond motifs is 1. The molecule has 2 rings (SSSR count). The molecule has 0 saturated heterocycles. The van der Waals surface area contributed by atoms with E-state index in [2.05, 4.69) is 31.8 Å². The van der Waals surface area contributed by atoms with Gasteiger partial charge in [-0.1, -0.05) is 50.2 Å². The van der Waals surface area contributed by atoms with Crippen molar-refractivity contribution in [3.05, 3.63) is 11.6 Å². The molecule has 0 aliphatic heterocycles. The van der Waals surface area contributed by atoms with Crippen molar-refractivity contribution >= 4 is 5.97 Å². The van der Waals surface area contributed by atoms with E-state index in [0.29, 0.717) is 30.6 Å². The van der Waals surface area contributed by atoms with Crippen molar-refractivity contribution in [2.24, 2.45) is 23.7 Å². The molecule has 0 heterocycles. The van der Waals surface area contributed by atoms with Gasteiger partial charge in [0.2, 0.25) is 0 Å². The Morgan fingerprint density at radius 3 is 2.80 bits per heavy atom. The van der Waals surface area contributed by atoms with Crippen molar-refractivity contribution in [1.29, 1.82) is 0 Å². The van der Waals surface area contributed by atoms with Crippen LogP contribution in [0.1, 0.15) is 65.2 Å². The zero-order chi connectivity index (χ0) is 18.4. The van der Waals surface area contributed by atoms with Gasteiger partial charge in [0.05, 0.1) is 12.0 Å². The Morgan fingerprint density at radius 1 is 1.36 bits per heavy atom. The Hall–Kier alpha value is -1.31. The van der Waals surface area contributed by atoms with Crippen molar-refractivity contribution < 1.29 is 20.1 Å². The molecule has 0 aromatic heterocycles. The number of aliphatic hydroxyl groups excluding tert-OH is 2. The lowest BCUT2D eigenvalue weighted by atomic mass is 9.51. The smallest absolute Gasteiger partial charge is 0.303 e. The standard InChI is InChI=1S/C21H32O4/c1-3-4-5-7-15(22)10-11-18-19(23)13-12-17-16(14(2)21(17)18)8-6-9-20(24)25/h8,14-15,17-19,21-23H,3-7,9,12-13H2,1-2H3,(H,24,25)/t14?,15?,17-,18+,19-,21+/m1/s1. The van der Waals surface area contributed by atoms with Gasteiger partial charge in [0, 0.05) is 6.42 Å². The van der Waals surface area contributed by atoms with Crippen LogP contribution in [0.15, 0.2) is 11.6 Å². The lowest BCUT2D eigenvalue weighted by Gasteiger charge is -2.53. The normalized spacial score (nSPS) is 33.8. The number of carboxylic acid groups (broad SMARTS) is 1. The molecule has 0 aromatic rings. The molecule has 4 nitrogen and oxygen atoms in total. The molecule has 0 radical (unpaired) electrons. The van der Waals surface area contributed by atoms with Gasteiger partial charge in [0.1, 0.15) is 6.10 Å². The molecule has 2 aliphatic rings. The molecule has 25 heavy (non-hydrogen) atoms. The summed E-state index contributed by atoms with van der Waals surface area (Å²) in [6.45, 7) is 4.29. The summed E-state index contributed by atoms with van der Waals surface area (Å²) in [5, 5.41) is 29.2. The van der Waals surface area contributed by atoms with E-state index < -0.39 is 18.2 Å². The lowest BCUT2D eigenvalue weighted by molar-refractivity contribution is -0.136. The number of rotatable bonds is 7. The van der Waals surface area contributed by atoms with Gasteiger partial charge in [-0.15, -0.1) is 0 Å². The van der Waals surface area contributed by atoms with Gasteiger partial charge in [0.15, 0.2) is 0 Å². The van der Waals surface area contributed by atoms with E-state index in [1.807, 2.05) is 0 Å². The van der Waals surface area contributed by atoms with Crippen LogP contribution in [-0.2, 0) is 4.79 Å². The predicted octanol–water partition coefficient (Wildman–Crippen LogP) is 3.38. The molecule has 2 saturated carbocycles. The highest BCUT2D eigenvalue weighted by Crippen LogP contribution is 2.55. The molecule has 4 heteroatoms. The molecule has 0 amide bonds. The highest BCUT2D eigenvalue weighted by molar-refractivity contribution is 5.66. The zero-order valence-electron chi connectivity index (χ0n) is 15.4. The Balaban J connectivity index is 1.97. The van der Waals surface area contributed by atoms with Crippen LogP contribution in [0.2, 0.25) is 0 Å². The molecule has 140 valence electrons. The summed E-state index contributed by atoms with van der Waals surface area (Å²) in [7, 11) is 0. The maximum Gasteiger partial charge on any atom is 0.303 e. The van der Waals surface area contributed by atoms with Crippen molar-refractivity contribution in [1.82, 2.24) is 0 Å². The lowest BCUT2D eigenvalue weighted by Crippen LogP contribution is -2.50. The predicted molar refractivity (Wildman–Crippen MR) is 97.8 cm³/mol. The van der Waals surface area contributed by atoms with Crippen LogP contribution in [0.5, 0.6) is 0 Å². The Morgan fingerprint density at radius 2 is 2.12 bits per heavy atom. The molecule has 3 N–H and O–H groups in total. The first-order valence-electron chi connectivity index (χ1n) is 9.74. The van der Waals surface area contributed by atoms with Crippen LogP contribution in [0.4, 0.5) is 0 Å². The minimum Gasteiger partial charge on any atom is -0.481 e. The van der Waals surface area contributed by atoms with Crippen LogP contribution in [0.3, 0.4) is 0 Å². The number of aliphatic carboxylic acids is 1. The minimum atomic E-state index is -0.764. The van der Waals surface area contributed by atoms with Gasteiger partial charge in [-0.25, -0.2) is 0 Å². The van der Waals surface area contributed by atoms with Crippen LogP contribution in [0.25, 0.3) is 0 Å². The van der Waals surface area contributed by atoms with E-state index >= 15 is 0 Å². The average Bonchev–Trinajstić information content (AvgIpc) is 2.57. The summed E-state index contributed by atoms with van der Waals surface area (Å²) in [5.41, 5.74) is 1.34. The Kier molecular flexibility index (Phi) is 7.53. The number of hydrogen-bond donors (Lipinski definition) is 3. The fourth-order valence-corrected chi connectivity index (χ4v) is 4.46. The third-order valence-electron chi connectivity index (χ3n) is 5.83. The van der Waals surface area contributed by atoms with Crippen LogP contribution >= 0.6 is 0 Å². The quantitative estimate of drug-likeness (QED) is 0.374. The van der Waals surface area contributed by atoms with Crippen LogP contribution in [0, 0.1) is 35.5 Å². The van der Waals surface area contributed by atoms with Gasteiger partial charge < -0.3 is 15.3 Å². The second kappa shape index (κ2) is 9.40. The SMILES string of the molecule is CCCCCC(O)C#C[C@@H]1[C@H]2C(C)C(=CCCC(=O)O)[C@H]2CC[C@H]1O. The van der Waals surface area contributed by atoms with Gasteiger partial charge >= 0.3 is 5.97 Å². The average molecular weight is 348 g/mol. The second-order valence-electron chi connectivity index (χ2n) is 7.58. The van der Waals surface area contributed by atoms with E-state index in [-0.39, 0.29) is 12.3 Å². The summed E-state index contributed by atoms with van der Waals surface area (Å²) in [5.74, 6) is 6.40. The number of carbonyl (C=O) groups is 1. The van der Waals surface area contributed by atoms with E-state index in [4.69, 9.17) is 5.11 Å². The molecular weight excluding hydrogens is 316 g/mol. The molecule has 2 fully saturated rings. The fraction of sp³-hybridized carbons (Fsp3) is 0.762. The van der Waals surface area contributed by atoms with Crippen LogP contribution in [-0.4, -0.2) is 33.5 Å². The fourth-order valence-electron chi connectivity index (χ4n) is 4.46. The van der Waals surface area contributed by atoms with E-state index in [0.717, 1.165) is 32.1 Å². The number of hydrogen-bond acceptors (Lipinski definition) is 3. The van der Waals surface area contributed by atoms with Gasteiger partial charge in [-0.2, -0.15) is 0 Å². The number of unbranched alkanes of at least 4 members (excludes halogenated alkanes) is 2. The first-order valence-corrected chi connectivity index (χ1v) is 9.74. The molecule has 2 unspecified atom stereocenters. The topological polar surface area (TPSA) is 77.8 Å². The minimum absolute atomic E-state index is 0.0776.